The van der Waals surface area contributed by atoms with Crippen LogP contribution in [0.3, 0.4) is 0 Å². The van der Waals surface area contributed by atoms with E-state index in [1.165, 1.54) is 19.3 Å². The molecule has 5 atom stereocenters. The van der Waals surface area contributed by atoms with Gasteiger partial charge < -0.3 is 14.4 Å². The van der Waals surface area contributed by atoms with Crippen LogP contribution >= 0.6 is 0 Å². The summed E-state index contributed by atoms with van der Waals surface area (Å²) < 4.78 is 10.9. The van der Waals surface area contributed by atoms with Gasteiger partial charge in [-0.3, -0.25) is 14.9 Å². The Labute approximate surface area is 228 Å². The summed E-state index contributed by atoms with van der Waals surface area (Å²) in [5, 5.41) is 3.22. The molecule has 7 heteroatoms. The van der Waals surface area contributed by atoms with Gasteiger partial charge in [0.05, 0.1) is 25.3 Å². The van der Waals surface area contributed by atoms with E-state index >= 15 is 0 Å². The standard InChI is InChI=1S/C31H46N2O5/c1-4-6-7-8-9-13-21-38-31(36)28-22-25-17-14-18-27(25)33(28)29(34)23(3)32-26(30(35)37-5-2)20-19-24-15-11-10-12-16-24/h10-12,14-16,18,23,25-28,32H,4-9,13,17,19-22H2,1-3H3/t23-,25+,26-,27-,28+/m0/s1. The zero-order valence-corrected chi connectivity index (χ0v) is 23.4. The predicted octanol–water partition coefficient (Wildman–Crippen LogP) is 4.98. The molecule has 38 heavy (non-hydrogen) atoms. The average molecular weight is 527 g/mol. The number of likely N-dealkylation sites (tertiary alicyclic amines) is 1. The summed E-state index contributed by atoms with van der Waals surface area (Å²) in [6.07, 6.45) is 13.5. The van der Waals surface area contributed by atoms with Crippen molar-refractivity contribution in [1.29, 1.82) is 0 Å². The van der Waals surface area contributed by atoms with Gasteiger partial charge in [0.15, 0.2) is 0 Å². The number of unbranched alkanes of at least 4 members (excludes halogenated alkanes) is 5. The van der Waals surface area contributed by atoms with E-state index in [-0.39, 0.29) is 36.4 Å². The number of fused-ring (bicyclic) bond motifs is 1. The maximum atomic E-state index is 13.7. The molecular formula is C31H46N2O5. The minimum Gasteiger partial charge on any atom is -0.465 e. The Kier molecular flexibility index (Phi) is 12.3. The molecule has 1 aromatic carbocycles. The Morgan fingerprint density at radius 2 is 1.76 bits per heavy atom. The van der Waals surface area contributed by atoms with Crippen LogP contribution in [0.25, 0.3) is 0 Å². The molecule has 1 heterocycles. The summed E-state index contributed by atoms with van der Waals surface area (Å²) in [4.78, 5) is 41.3. The average Bonchev–Trinajstić information content (AvgIpc) is 3.52. The van der Waals surface area contributed by atoms with Gasteiger partial charge in [0.2, 0.25) is 5.91 Å². The third-order valence-electron chi connectivity index (χ3n) is 7.66. The molecule has 2 aliphatic rings. The number of rotatable bonds is 16. The Balaban J connectivity index is 1.60. The van der Waals surface area contributed by atoms with Crippen molar-refractivity contribution >= 4 is 17.8 Å². The van der Waals surface area contributed by atoms with Crippen molar-refractivity contribution in [3.05, 3.63) is 48.0 Å². The van der Waals surface area contributed by atoms with Crippen molar-refractivity contribution < 1.29 is 23.9 Å². The molecule has 3 rings (SSSR count). The first-order valence-corrected chi connectivity index (χ1v) is 14.6. The number of esters is 2. The van der Waals surface area contributed by atoms with E-state index < -0.39 is 18.1 Å². The van der Waals surface area contributed by atoms with E-state index in [0.29, 0.717) is 25.9 Å². The number of nitrogens with zero attached hydrogens (tertiary/aromatic N) is 1. The molecule has 1 N–H and O–H groups in total. The van der Waals surface area contributed by atoms with Crippen LogP contribution in [-0.4, -0.2) is 60.1 Å². The van der Waals surface area contributed by atoms with Gasteiger partial charge in [-0.2, -0.15) is 0 Å². The van der Waals surface area contributed by atoms with Crippen LogP contribution in [0.2, 0.25) is 0 Å². The molecule has 0 spiro atoms. The number of amides is 1. The number of nitrogens with one attached hydrogen (secondary N) is 1. The summed E-state index contributed by atoms with van der Waals surface area (Å²) >= 11 is 0. The lowest BCUT2D eigenvalue weighted by Gasteiger charge is -2.31. The van der Waals surface area contributed by atoms with E-state index in [1.54, 1.807) is 18.7 Å². The first-order valence-electron chi connectivity index (χ1n) is 14.6. The van der Waals surface area contributed by atoms with Crippen LogP contribution in [0.5, 0.6) is 0 Å². The normalized spacial score (nSPS) is 21.7. The zero-order valence-electron chi connectivity index (χ0n) is 23.4. The van der Waals surface area contributed by atoms with E-state index in [2.05, 4.69) is 18.3 Å². The maximum absolute atomic E-state index is 13.7. The lowest BCUT2D eigenvalue weighted by molar-refractivity contribution is -0.155. The molecule has 1 aromatic rings. The van der Waals surface area contributed by atoms with Gasteiger partial charge in [-0.1, -0.05) is 81.5 Å². The molecule has 1 aliphatic carbocycles. The van der Waals surface area contributed by atoms with Gasteiger partial charge in [-0.25, -0.2) is 4.79 Å². The summed E-state index contributed by atoms with van der Waals surface area (Å²) in [6.45, 7) is 6.41. The molecule has 1 amide bonds. The predicted molar refractivity (Wildman–Crippen MR) is 148 cm³/mol. The second-order valence-corrected chi connectivity index (χ2v) is 10.6. The van der Waals surface area contributed by atoms with E-state index in [0.717, 1.165) is 31.2 Å². The minimum absolute atomic E-state index is 0.108. The Hall–Kier alpha value is -2.67. The Bertz CT molecular complexity index is 918. The fourth-order valence-corrected chi connectivity index (χ4v) is 5.58. The minimum atomic E-state index is -0.651. The lowest BCUT2D eigenvalue weighted by Crippen LogP contribution is -2.55. The summed E-state index contributed by atoms with van der Waals surface area (Å²) in [6, 6.07) is 7.98. The second kappa shape index (κ2) is 15.7. The van der Waals surface area contributed by atoms with Crippen LogP contribution < -0.4 is 5.32 Å². The summed E-state index contributed by atoms with van der Waals surface area (Å²) in [5.41, 5.74) is 1.12. The second-order valence-electron chi connectivity index (χ2n) is 10.6. The van der Waals surface area contributed by atoms with Crippen LogP contribution in [0.4, 0.5) is 0 Å². The van der Waals surface area contributed by atoms with E-state index in [1.807, 2.05) is 36.4 Å². The van der Waals surface area contributed by atoms with Crippen molar-refractivity contribution in [2.24, 2.45) is 5.92 Å². The largest absolute Gasteiger partial charge is 0.465 e. The van der Waals surface area contributed by atoms with Gasteiger partial charge in [-0.15, -0.1) is 0 Å². The molecule has 0 saturated carbocycles. The first kappa shape index (κ1) is 29.9. The number of carbonyl (C=O) groups excluding carboxylic acids is 3. The van der Waals surface area contributed by atoms with Gasteiger partial charge in [0.25, 0.3) is 0 Å². The third kappa shape index (κ3) is 8.42. The zero-order chi connectivity index (χ0) is 27.3. The topological polar surface area (TPSA) is 84.9 Å². The SMILES string of the molecule is CCCCCCCCOC(=O)[C@H]1C[C@H]2CC=C[C@@H]2N1C(=O)[C@H](C)N[C@@H](CCc1ccccc1)C(=O)OCC. The van der Waals surface area contributed by atoms with Crippen LogP contribution in [0, 0.1) is 5.92 Å². The van der Waals surface area contributed by atoms with Gasteiger partial charge in [-0.05, 0) is 57.4 Å². The first-order chi connectivity index (χ1) is 18.5. The molecule has 1 aliphatic heterocycles. The Morgan fingerprint density at radius 1 is 1.03 bits per heavy atom. The van der Waals surface area contributed by atoms with Gasteiger partial charge >= 0.3 is 11.9 Å². The maximum Gasteiger partial charge on any atom is 0.328 e. The molecule has 1 fully saturated rings. The molecular weight excluding hydrogens is 480 g/mol. The van der Waals surface area contributed by atoms with Crippen molar-refractivity contribution in [1.82, 2.24) is 10.2 Å². The highest BCUT2D eigenvalue weighted by atomic mass is 16.5. The number of allylic oxidation sites excluding steroid dienone is 1. The molecule has 0 radical (unpaired) electrons. The van der Waals surface area contributed by atoms with E-state index in [9.17, 15) is 14.4 Å². The van der Waals surface area contributed by atoms with Crippen molar-refractivity contribution in [2.75, 3.05) is 13.2 Å². The Morgan fingerprint density at radius 3 is 2.50 bits per heavy atom. The molecule has 0 unspecified atom stereocenters. The number of carbonyl (C=O) groups is 3. The van der Waals surface area contributed by atoms with Crippen molar-refractivity contribution in [3.63, 3.8) is 0 Å². The molecule has 7 nitrogen and oxygen atoms in total. The fraction of sp³-hybridized carbons (Fsp3) is 0.645. The van der Waals surface area contributed by atoms with E-state index in [4.69, 9.17) is 9.47 Å². The molecule has 0 aromatic heterocycles. The summed E-state index contributed by atoms with van der Waals surface area (Å²) in [7, 11) is 0. The van der Waals surface area contributed by atoms with Gasteiger partial charge in [0.1, 0.15) is 12.1 Å². The highest BCUT2D eigenvalue weighted by Gasteiger charge is 2.48. The monoisotopic (exact) mass is 526 g/mol. The number of hydrogen-bond donors (Lipinski definition) is 1. The molecule has 210 valence electrons. The van der Waals surface area contributed by atoms with Crippen molar-refractivity contribution in [3.8, 4) is 0 Å². The smallest absolute Gasteiger partial charge is 0.328 e. The third-order valence-corrected chi connectivity index (χ3v) is 7.66. The van der Waals surface area contributed by atoms with Crippen LogP contribution in [0.15, 0.2) is 42.5 Å². The van der Waals surface area contributed by atoms with Crippen LogP contribution in [-0.2, 0) is 30.3 Å². The highest BCUT2D eigenvalue weighted by molar-refractivity contribution is 5.89. The fourth-order valence-electron chi connectivity index (χ4n) is 5.58. The quantitative estimate of drug-likeness (QED) is 0.186. The van der Waals surface area contributed by atoms with Crippen LogP contribution in [0.1, 0.15) is 84.1 Å². The highest BCUT2D eigenvalue weighted by Crippen LogP contribution is 2.38. The number of hydrogen-bond acceptors (Lipinski definition) is 6. The lowest BCUT2D eigenvalue weighted by atomic mass is 10.0. The molecule has 1 saturated heterocycles. The number of ether oxygens (including phenoxy) is 2. The number of benzene rings is 1. The number of aryl methyl sites for hydroxylation is 1. The summed E-state index contributed by atoms with van der Waals surface area (Å²) in [5.74, 6) is -0.623. The molecule has 0 bridgehead atoms. The van der Waals surface area contributed by atoms with Gasteiger partial charge in [0, 0.05) is 0 Å². The van der Waals surface area contributed by atoms with Crippen molar-refractivity contribution in [2.45, 2.75) is 109 Å².